The molecular weight excluding hydrogens is 308 g/mol. The Morgan fingerprint density at radius 1 is 0.760 bits per heavy atom. The quantitative estimate of drug-likeness (QED) is 0.685. The van der Waals surface area contributed by atoms with Crippen molar-refractivity contribution in [3.63, 3.8) is 0 Å². The predicted molar refractivity (Wildman–Crippen MR) is 104 cm³/mol. The molecule has 0 aliphatic carbocycles. The zero-order chi connectivity index (χ0) is 17.8. The molecule has 25 heavy (non-hydrogen) atoms. The molecule has 128 valence electrons. The van der Waals surface area contributed by atoms with Crippen LogP contribution in [0.3, 0.4) is 0 Å². The van der Waals surface area contributed by atoms with Crippen molar-refractivity contribution in [1.29, 1.82) is 0 Å². The first-order valence-corrected chi connectivity index (χ1v) is 8.48. The summed E-state index contributed by atoms with van der Waals surface area (Å²) in [6.07, 6.45) is 0. The van der Waals surface area contributed by atoms with Gasteiger partial charge in [-0.1, -0.05) is 35.9 Å². The van der Waals surface area contributed by atoms with E-state index >= 15 is 0 Å². The van der Waals surface area contributed by atoms with Crippen LogP contribution >= 0.6 is 0 Å². The molecule has 0 spiro atoms. The van der Waals surface area contributed by atoms with Crippen molar-refractivity contribution in [2.75, 3.05) is 10.6 Å². The molecule has 0 amide bonds. The third kappa shape index (κ3) is 4.80. The second-order valence-corrected chi connectivity index (χ2v) is 6.56. The summed E-state index contributed by atoms with van der Waals surface area (Å²) in [5.41, 5.74) is 6.89. The summed E-state index contributed by atoms with van der Waals surface area (Å²) in [6.45, 7) is 8.96. The van der Waals surface area contributed by atoms with E-state index in [1.165, 1.54) is 22.3 Å². The second kappa shape index (κ2) is 7.34. The Kier molecular flexibility index (Phi) is 4.98. The first-order valence-electron chi connectivity index (χ1n) is 8.48. The van der Waals surface area contributed by atoms with Crippen LogP contribution in [0.5, 0.6) is 0 Å². The van der Waals surface area contributed by atoms with Crippen molar-refractivity contribution in [3.05, 3.63) is 76.5 Å². The van der Waals surface area contributed by atoms with Gasteiger partial charge in [0, 0.05) is 24.0 Å². The summed E-state index contributed by atoms with van der Waals surface area (Å²) in [6, 6.07) is 16.8. The maximum absolute atomic E-state index is 4.59. The van der Waals surface area contributed by atoms with Gasteiger partial charge in [0.15, 0.2) is 0 Å². The summed E-state index contributed by atoms with van der Waals surface area (Å²) >= 11 is 0. The first-order chi connectivity index (χ1) is 12.0. The fourth-order valence-electron chi connectivity index (χ4n) is 2.79. The van der Waals surface area contributed by atoms with Gasteiger partial charge in [0.2, 0.25) is 5.95 Å². The van der Waals surface area contributed by atoms with E-state index < -0.39 is 0 Å². The molecule has 2 N–H and O–H groups in total. The summed E-state index contributed by atoms with van der Waals surface area (Å²) in [7, 11) is 0. The van der Waals surface area contributed by atoms with E-state index in [4.69, 9.17) is 0 Å². The van der Waals surface area contributed by atoms with E-state index in [1.807, 2.05) is 13.0 Å². The number of aromatic nitrogens is 2. The van der Waals surface area contributed by atoms with Gasteiger partial charge in [-0.05, 0) is 56.5 Å². The lowest BCUT2D eigenvalue weighted by atomic mass is 10.1. The lowest BCUT2D eigenvalue weighted by Crippen LogP contribution is -2.06. The fraction of sp³-hybridized carbons (Fsp3) is 0.238. The van der Waals surface area contributed by atoms with Gasteiger partial charge in [-0.2, -0.15) is 4.98 Å². The third-order valence-corrected chi connectivity index (χ3v) is 3.92. The van der Waals surface area contributed by atoms with Gasteiger partial charge in [-0.3, -0.25) is 0 Å². The Hall–Kier alpha value is -2.88. The van der Waals surface area contributed by atoms with E-state index in [0.29, 0.717) is 12.5 Å². The number of hydrogen-bond acceptors (Lipinski definition) is 4. The van der Waals surface area contributed by atoms with E-state index in [1.54, 1.807) is 0 Å². The van der Waals surface area contributed by atoms with Crippen LogP contribution in [0.2, 0.25) is 0 Å². The standard InChI is InChI=1S/C21H24N4/c1-14-5-7-18(8-6-14)13-22-21-23-17(4)12-20(25-21)24-19-10-15(2)9-16(3)11-19/h5-12H,13H2,1-4H3,(H2,22,23,24,25). The van der Waals surface area contributed by atoms with Crippen molar-refractivity contribution < 1.29 is 0 Å². The van der Waals surface area contributed by atoms with Gasteiger partial charge < -0.3 is 10.6 Å². The molecule has 3 aromatic rings. The molecule has 0 radical (unpaired) electrons. The maximum Gasteiger partial charge on any atom is 0.225 e. The van der Waals surface area contributed by atoms with Crippen LogP contribution in [0, 0.1) is 27.7 Å². The molecule has 0 aliphatic heterocycles. The molecule has 0 aliphatic rings. The van der Waals surface area contributed by atoms with Crippen LogP contribution in [0.4, 0.5) is 17.5 Å². The average molecular weight is 332 g/mol. The molecule has 2 aromatic carbocycles. The maximum atomic E-state index is 4.59. The third-order valence-electron chi connectivity index (χ3n) is 3.92. The molecule has 0 saturated heterocycles. The topological polar surface area (TPSA) is 49.8 Å². The number of aryl methyl sites for hydroxylation is 4. The zero-order valence-electron chi connectivity index (χ0n) is 15.2. The summed E-state index contributed by atoms with van der Waals surface area (Å²) in [4.78, 5) is 9.07. The lowest BCUT2D eigenvalue weighted by molar-refractivity contribution is 1.03. The molecule has 0 unspecified atom stereocenters. The van der Waals surface area contributed by atoms with E-state index in [-0.39, 0.29) is 0 Å². The minimum Gasteiger partial charge on any atom is -0.350 e. The summed E-state index contributed by atoms with van der Waals surface area (Å²) in [5.74, 6) is 1.43. The Labute approximate surface area is 149 Å². The SMILES string of the molecule is Cc1ccc(CNc2nc(C)cc(Nc3cc(C)cc(C)c3)n2)cc1. The van der Waals surface area contributed by atoms with Crippen LogP contribution in [0.1, 0.15) is 27.9 Å². The molecule has 3 rings (SSSR count). The van der Waals surface area contributed by atoms with E-state index in [2.05, 4.69) is 83.8 Å². The molecule has 0 atom stereocenters. The lowest BCUT2D eigenvalue weighted by Gasteiger charge is -2.11. The molecule has 0 bridgehead atoms. The monoisotopic (exact) mass is 332 g/mol. The van der Waals surface area contributed by atoms with Crippen LogP contribution in [-0.2, 0) is 6.54 Å². The number of anilines is 3. The molecule has 4 heteroatoms. The number of benzene rings is 2. The summed E-state index contributed by atoms with van der Waals surface area (Å²) in [5, 5.41) is 6.69. The van der Waals surface area contributed by atoms with Gasteiger partial charge in [0.1, 0.15) is 5.82 Å². The average Bonchev–Trinajstić information content (AvgIpc) is 2.53. The first kappa shape index (κ1) is 17.0. The molecular formula is C21H24N4. The fourth-order valence-corrected chi connectivity index (χ4v) is 2.79. The van der Waals surface area contributed by atoms with Gasteiger partial charge in [-0.25, -0.2) is 4.98 Å². The molecule has 1 heterocycles. The van der Waals surface area contributed by atoms with Crippen molar-refractivity contribution in [3.8, 4) is 0 Å². The second-order valence-electron chi connectivity index (χ2n) is 6.56. The molecule has 0 saturated carbocycles. The number of rotatable bonds is 5. The number of nitrogens with one attached hydrogen (secondary N) is 2. The van der Waals surface area contributed by atoms with Gasteiger partial charge >= 0.3 is 0 Å². The normalized spacial score (nSPS) is 10.6. The van der Waals surface area contributed by atoms with Crippen LogP contribution < -0.4 is 10.6 Å². The van der Waals surface area contributed by atoms with Crippen molar-refractivity contribution in [2.24, 2.45) is 0 Å². The highest BCUT2D eigenvalue weighted by Gasteiger charge is 2.04. The molecule has 0 fully saturated rings. The minimum absolute atomic E-state index is 0.632. The highest BCUT2D eigenvalue weighted by molar-refractivity contribution is 5.59. The van der Waals surface area contributed by atoms with Crippen molar-refractivity contribution in [2.45, 2.75) is 34.2 Å². The summed E-state index contributed by atoms with van der Waals surface area (Å²) < 4.78 is 0. The zero-order valence-corrected chi connectivity index (χ0v) is 15.2. The Morgan fingerprint density at radius 2 is 1.44 bits per heavy atom. The van der Waals surface area contributed by atoms with Crippen LogP contribution in [0.25, 0.3) is 0 Å². The van der Waals surface area contributed by atoms with Crippen LogP contribution in [-0.4, -0.2) is 9.97 Å². The highest BCUT2D eigenvalue weighted by Crippen LogP contribution is 2.20. The Bertz CT molecular complexity index is 849. The smallest absolute Gasteiger partial charge is 0.225 e. The molecule has 1 aromatic heterocycles. The van der Waals surface area contributed by atoms with Crippen molar-refractivity contribution >= 4 is 17.5 Å². The van der Waals surface area contributed by atoms with E-state index in [0.717, 1.165) is 17.2 Å². The van der Waals surface area contributed by atoms with Crippen LogP contribution in [0.15, 0.2) is 48.5 Å². The predicted octanol–water partition coefficient (Wildman–Crippen LogP) is 5.07. The minimum atomic E-state index is 0.632. The molecule has 4 nitrogen and oxygen atoms in total. The largest absolute Gasteiger partial charge is 0.350 e. The highest BCUT2D eigenvalue weighted by atomic mass is 15.1. The Balaban J connectivity index is 1.74. The van der Waals surface area contributed by atoms with Gasteiger partial charge in [0.05, 0.1) is 0 Å². The van der Waals surface area contributed by atoms with Gasteiger partial charge in [-0.15, -0.1) is 0 Å². The van der Waals surface area contributed by atoms with E-state index in [9.17, 15) is 0 Å². The Morgan fingerprint density at radius 3 is 2.12 bits per heavy atom. The van der Waals surface area contributed by atoms with Gasteiger partial charge in [0.25, 0.3) is 0 Å². The number of nitrogens with zero attached hydrogens (tertiary/aromatic N) is 2. The van der Waals surface area contributed by atoms with Crippen molar-refractivity contribution in [1.82, 2.24) is 9.97 Å². The number of hydrogen-bond donors (Lipinski definition) is 2.